The number of hydrogen-bond acceptors (Lipinski definition) is 7. The molecule has 0 radical (unpaired) electrons. The summed E-state index contributed by atoms with van der Waals surface area (Å²) in [7, 11) is -1.28. The molecule has 0 unspecified atom stereocenters. The van der Waals surface area contributed by atoms with E-state index in [1.165, 1.54) is 44.2 Å². The zero-order valence-electron chi connectivity index (χ0n) is 23.9. The largest absolute Gasteiger partial charge is 0.493 e. The number of sulfonamides is 1. The molecule has 4 aromatic rings. The number of nitrogens with one attached hydrogen (secondary N) is 1. The molecule has 4 aromatic carbocycles. The SMILES string of the molecule is COc1ccc(S(=O)(=O)N(CC(=O)N/N=C\c2ccc(OCc3ccc(C)cc3)cc2)c2ccc(C)cc2)cc1OC. The number of ether oxygens (including phenoxy) is 3. The number of hydrazone groups is 1. The van der Waals surface area contributed by atoms with Gasteiger partial charge in [0.25, 0.3) is 15.9 Å². The highest BCUT2D eigenvalue weighted by molar-refractivity contribution is 7.92. The Bertz CT molecular complexity index is 1640. The van der Waals surface area contributed by atoms with E-state index in [9.17, 15) is 13.2 Å². The molecule has 10 heteroatoms. The minimum absolute atomic E-state index is 0.0540. The summed E-state index contributed by atoms with van der Waals surface area (Å²) in [5, 5.41) is 4.02. The summed E-state index contributed by atoms with van der Waals surface area (Å²) in [5.41, 5.74) is 6.69. The summed E-state index contributed by atoms with van der Waals surface area (Å²) in [6, 6.07) is 26.5. The van der Waals surface area contributed by atoms with Crippen LogP contribution in [0, 0.1) is 13.8 Å². The fraction of sp³-hybridized carbons (Fsp3) is 0.188. The summed E-state index contributed by atoms with van der Waals surface area (Å²) in [4.78, 5) is 12.8. The van der Waals surface area contributed by atoms with Gasteiger partial charge in [0.15, 0.2) is 11.5 Å². The minimum atomic E-state index is -4.16. The number of hydrogen-bond donors (Lipinski definition) is 1. The van der Waals surface area contributed by atoms with Gasteiger partial charge in [-0.15, -0.1) is 0 Å². The first-order valence-corrected chi connectivity index (χ1v) is 14.6. The van der Waals surface area contributed by atoms with Crippen LogP contribution in [0.3, 0.4) is 0 Å². The molecule has 0 aromatic heterocycles. The number of carbonyl (C=O) groups is 1. The van der Waals surface area contributed by atoms with Crippen molar-refractivity contribution in [1.29, 1.82) is 0 Å². The van der Waals surface area contributed by atoms with E-state index in [1.54, 1.807) is 36.4 Å². The molecule has 0 atom stereocenters. The number of carbonyl (C=O) groups excluding carboxylic acids is 1. The van der Waals surface area contributed by atoms with Crippen molar-refractivity contribution in [3.63, 3.8) is 0 Å². The molecule has 9 nitrogen and oxygen atoms in total. The van der Waals surface area contributed by atoms with Crippen LogP contribution in [0.25, 0.3) is 0 Å². The van der Waals surface area contributed by atoms with Crippen LogP contribution in [0.1, 0.15) is 22.3 Å². The summed E-state index contributed by atoms with van der Waals surface area (Å²) in [6.45, 7) is 3.88. The van der Waals surface area contributed by atoms with Crippen molar-refractivity contribution >= 4 is 27.8 Å². The second kappa shape index (κ2) is 13.7. The maximum absolute atomic E-state index is 13.7. The van der Waals surface area contributed by atoms with Crippen molar-refractivity contribution in [2.45, 2.75) is 25.3 Å². The Morgan fingerprint density at radius 3 is 2.07 bits per heavy atom. The van der Waals surface area contributed by atoms with Crippen LogP contribution in [0.2, 0.25) is 0 Å². The van der Waals surface area contributed by atoms with E-state index in [0.29, 0.717) is 23.8 Å². The lowest BCUT2D eigenvalue weighted by Crippen LogP contribution is -2.39. The summed E-state index contributed by atoms with van der Waals surface area (Å²) >= 11 is 0. The molecular formula is C32H33N3O6S. The van der Waals surface area contributed by atoms with Gasteiger partial charge in [0.1, 0.15) is 18.9 Å². The maximum Gasteiger partial charge on any atom is 0.264 e. The number of rotatable bonds is 12. The summed E-state index contributed by atoms with van der Waals surface area (Å²) < 4.78 is 44.8. The van der Waals surface area contributed by atoms with E-state index in [4.69, 9.17) is 14.2 Å². The first-order chi connectivity index (χ1) is 20.2. The van der Waals surface area contributed by atoms with Gasteiger partial charge in [0, 0.05) is 6.07 Å². The monoisotopic (exact) mass is 587 g/mol. The Labute approximate surface area is 246 Å². The van der Waals surface area contributed by atoms with E-state index in [-0.39, 0.29) is 10.6 Å². The zero-order valence-corrected chi connectivity index (χ0v) is 24.7. The molecule has 4 rings (SSSR count). The van der Waals surface area contributed by atoms with Crippen LogP contribution in [-0.2, 0) is 21.4 Å². The highest BCUT2D eigenvalue weighted by Crippen LogP contribution is 2.32. The molecule has 0 saturated carbocycles. The molecule has 42 heavy (non-hydrogen) atoms. The third-order valence-electron chi connectivity index (χ3n) is 6.36. The van der Waals surface area contributed by atoms with Gasteiger partial charge in [0.2, 0.25) is 0 Å². The van der Waals surface area contributed by atoms with E-state index in [1.807, 2.05) is 50.2 Å². The van der Waals surface area contributed by atoms with E-state index < -0.39 is 22.5 Å². The van der Waals surface area contributed by atoms with Crippen LogP contribution in [0.15, 0.2) is 101 Å². The number of benzene rings is 4. The first-order valence-electron chi connectivity index (χ1n) is 13.1. The lowest BCUT2D eigenvalue weighted by molar-refractivity contribution is -0.119. The fourth-order valence-electron chi connectivity index (χ4n) is 3.98. The molecule has 0 aliphatic heterocycles. The van der Waals surface area contributed by atoms with Crippen molar-refractivity contribution in [1.82, 2.24) is 5.43 Å². The van der Waals surface area contributed by atoms with Crippen molar-refractivity contribution in [2.24, 2.45) is 5.10 Å². The summed E-state index contributed by atoms with van der Waals surface area (Å²) in [6.07, 6.45) is 1.47. The highest BCUT2D eigenvalue weighted by Gasteiger charge is 2.28. The van der Waals surface area contributed by atoms with E-state index >= 15 is 0 Å². The number of nitrogens with zero attached hydrogens (tertiary/aromatic N) is 2. The number of methoxy groups -OCH3 is 2. The topological polar surface area (TPSA) is 107 Å². The molecule has 218 valence electrons. The third kappa shape index (κ3) is 7.67. The number of aryl methyl sites for hydroxylation is 2. The smallest absolute Gasteiger partial charge is 0.264 e. The minimum Gasteiger partial charge on any atom is -0.493 e. The molecule has 0 spiro atoms. The van der Waals surface area contributed by atoms with E-state index in [0.717, 1.165) is 21.0 Å². The lowest BCUT2D eigenvalue weighted by Gasteiger charge is -2.24. The van der Waals surface area contributed by atoms with Gasteiger partial charge in [0.05, 0.1) is 31.0 Å². The second-order valence-electron chi connectivity index (χ2n) is 9.50. The average Bonchev–Trinajstić information content (AvgIpc) is 3.00. The Morgan fingerprint density at radius 2 is 1.45 bits per heavy atom. The van der Waals surface area contributed by atoms with Crippen molar-refractivity contribution in [3.8, 4) is 17.2 Å². The number of amides is 1. The molecule has 1 amide bonds. The van der Waals surface area contributed by atoms with Crippen LogP contribution in [-0.4, -0.2) is 41.3 Å². The van der Waals surface area contributed by atoms with Gasteiger partial charge < -0.3 is 14.2 Å². The molecular weight excluding hydrogens is 554 g/mol. The van der Waals surface area contributed by atoms with Crippen LogP contribution < -0.4 is 23.9 Å². The molecule has 0 aliphatic carbocycles. The van der Waals surface area contributed by atoms with Gasteiger partial charge in [-0.1, -0.05) is 47.5 Å². The quantitative estimate of drug-likeness (QED) is 0.179. The Morgan fingerprint density at radius 1 is 0.833 bits per heavy atom. The zero-order chi connectivity index (χ0) is 30.1. The Hall–Kier alpha value is -4.83. The van der Waals surface area contributed by atoms with Crippen LogP contribution in [0.4, 0.5) is 5.69 Å². The van der Waals surface area contributed by atoms with Crippen molar-refractivity contribution in [3.05, 3.63) is 113 Å². The standard InChI is InChI=1S/C32H33N3O6S/c1-23-5-9-26(10-6-23)22-41-28-15-11-25(12-16-28)20-33-34-32(36)21-35(27-13-7-24(2)8-14-27)42(37,38)29-17-18-30(39-3)31(19-29)40-4/h5-20H,21-22H2,1-4H3,(H,34,36)/b33-20-. The summed E-state index contributed by atoms with van der Waals surface area (Å²) in [5.74, 6) is 0.721. The molecule has 1 N–H and O–H groups in total. The molecule has 0 fully saturated rings. The molecule has 0 saturated heterocycles. The van der Waals surface area contributed by atoms with Crippen LogP contribution in [0.5, 0.6) is 17.2 Å². The van der Waals surface area contributed by atoms with E-state index in [2.05, 4.69) is 10.5 Å². The average molecular weight is 588 g/mol. The van der Waals surface area contributed by atoms with Crippen LogP contribution >= 0.6 is 0 Å². The highest BCUT2D eigenvalue weighted by atomic mass is 32.2. The molecule has 0 aliphatic rings. The molecule has 0 bridgehead atoms. The maximum atomic E-state index is 13.7. The Kier molecular flexibility index (Phi) is 9.82. The first kappa shape index (κ1) is 30.1. The van der Waals surface area contributed by atoms with Gasteiger partial charge in [-0.25, -0.2) is 13.8 Å². The normalized spacial score (nSPS) is 11.2. The molecule has 0 heterocycles. The van der Waals surface area contributed by atoms with Gasteiger partial charge in [-0.2, -0.15) is 5.10 Å². The van der Waals surface area contributed by atoms with Gasteiger partial charge in [-0.05, 0) is 73.5 Å². The van der Waals surface area contributed by atoms with Crippen molar-refractivity contribution in [2.75, 3.05) is 25.1 Å². The van der Waals surface area contributed by atoms with Gasteiger partial charge in [-0.3, -0.25) is 9.10 Å². The third-order valence-corrected chi connectivity index (χ3v) is 8.13. The predicted octanol–water partition coefficient (Wildman–Crippen LogP) is 5.25. The van der Waals surface area contributed by atoms with Crippen molar-refractivity contribution < 1.29 is 27.4 Å². The van der Waals surface area contributed by atoms with Gasteiger partial charge >= 0.3 is 0 Å². The second-order valence-corrected chi connectivity index (χ2v) is 11.4. The Balaban J connectivity index is 1.44. The fourth-order valence-corrected chi connectivity index (χ4v) is 5.41. The lowest BCUT2D eigenvalue weighted by atomic mass is 10.2. The number of anilines is 1. The predicted molar refractivity (Wildman–Crippen MR) is 163 cm³/mol.